The van der Waals surface area contributed by atoms with Crippen LogP contribution in [0.2, 0.25) is 0 Å². The van der Waals surface area contributed by atoms with Crippen LogP contribution in [0.25, 0.3) is 6.08 Å². The van der Waals surface area contributed by atoms with Crippen LogP contribution in [-0.2, 0) is 15.0 Å². The summed E-state index contributed by atoms with van der Waals surface area (Å²) in [5, 5.41) is 15.2. The van der Waals surface area contributed by atoms with Gasteiger partial charge in [-0.25, -0.2) is 0 Å². The van der Waals surface area contributed by atoms with Gasteiger partial charge in [0.15, 0.2) is 18.1 Å². The van der Waals surface area contributed by atoms with Crippen molar-refractivity contribution < 1.29 is 23.8 Å². The van der Waals surface area contributed by atoms with Crippen LogP contribution in [0, 0.1) is 29.1 Å². The van der Waals surface area contributed by atoms with E-state index in [2.05, 4.69) is 22.8 Å². The highest BCUT2D eigenvalue weighted by Crippen LogP contribution is 2.60. The molecule has 3 aromatic rings. The molecule has 4 saturated carbocycles. The van der Waals surface area contributed by atoms with E-state index < -0.39 is 5.91 Å². The molecule has 2 amide bonds. The Morgan fingerprint density at radius 1 is 0.841 bits per heavy atom. The summed E-state index contributed by atoms with van der Waals surface area (Å²) >= 11 is 0. The molecule has 0 radical (unpaired) electrons. The van der Waals surface area contributed by atoms with E-state index in [4.69, 9.17) is 14.2 Å². The number of nitrogens with one attached hydrogen (secondary N) is 2. The highest BCUT2D eigenvalue weighted by molar-refractivity contribution is 6.09. The Morgan fingerprint density at radius 2 is 1.45 bits per heavy atom. The van der Waals surface area contributed by atoms with Crippen LogP contribution >= 0.6 is 0 Å². The fraction of sp³-hybridized carbons (Fsp3) is 0.361. The first-order valence-corrected chi connectivity index (χ1v) is 15.1. The van der Waals surface area contributed by atoms with Crippen molar-refractivity contribution in [2.45, 2.75) is 43.9 Å². The summed E-state index contributed by atoms with van der Waals surface area (Å²) in [6, 6.07) is 22.2. The van der Waals surface area contributed by atoms with Crippen molar-refractivity contribution >= 4 is 29.3 Å². The van der Waals surface area contributed by atoms with Crippen LogP contribution in [0.1, 0.15) is 49.7 Å². The van der Waals surface area contributed by atoms with Gasteiger partial charge in [0.2, 0.25) is 0 Å². The minimum atomic E-state index is -0.542. The van der Waals surface area contributed by atoms with E-state index in [0.717, 1.165) is 23.4 Å². The van der Waals surface area contributed by atoms with Crippen molar-refractivity contribution in [1.82, 2.24) is 0 Å². The third kappa shape index (κ3) is 6.28. The molecule has 0 unspecified atom stereocenters. The van der Waals surface area contributed by atoms with E-state index in [1.54, 1.807) is 49.6 Å². The maximum absolute atomic E-state index is 12.7. The summed E-state index contributed by atoms with van der Waals surface area (Å²) < 4.78 is 16.4. The maximum atomic E-state index is 12.7. The number of carbonyl (C=O) groups is 2. The zero-order chi connectivity index (χ0) is 30.7. The Hall–Kier alpha value is -4.77. The predicted molar refractivity (Wildman–Crippen MR) is 169 cm³/mol. The Labute approximate surface area is 258 Å². The van der Waals surface area contributed by atoms with Gasteiger partial charge in [0.1, 0.15) is 17.4 Å². The molecule has 226 valence electrons. The molecule has 0 saturated heterocycles. The van der Waals surface area contributed by atoms with Gasteiger partial charge in [-0.05, 0) is 127 Å². The Morgan fingerprint density at radius 3 is 2.05 bits per heavy atom. The summed E-state index contributed by atoms with van der Waals surface area (Å²) in [6.07, 6.45) is 9.64. The minimum Gasteiger partial charge on any atom is -0.497 e. The lowest BCUT2D eigenvalue weighted by atomic mass is 9.48. The quantitative estimate of drug-likeness (QED) is 0.200. The van der Waals surface area contributed by atoms with Crippen LogP contribution in [0.5, 0.6) is 17.2 Å². The fourth-order valence-electron chi connectivity index (χ4n) is 7.79. The number of amides is 2. The molecule has 3 aromatic carbocycles. The summed E-state index contributed by atoms with van der Waals surface area (Å²) in [7, 11) is 3.05. The highest BCUT2D eigenvalue weighted by atomic mass is 16.5. The summed E-state index contributed by atoms with van der Waals surface area (Å²) in [4.78, 5) is 25.4. The van der Waals surface area contributed by atoms with E-state index >= 15 is 0 Å². The maximum Gasteiger partial charge on any atom is 0.266 e. The average Bonchev–Trinajstić information content (AvgIpc) is 3.02. The van der Waals surface area contributed by atoms with Gasteiger partial charge in [-0.3, -0.25) is 9.59 Å². The van der Waals surface area contributed by atoms with Crippen molar-refractivity contribution in [1.29, 1.82) is 5.26 Å². The van der Waals surface area contributed by atoms with E-state index in [1.165, 1.54) is 57.3 Å². The molecular weight excluding hydrogens is 554 g/mol. The lowest BCUT2D eigenvalue weighted by molar-refractivity contribution is -0.118. The van der Waals surface area contributed by atoms with Gasteiger partial charge in [0.25, 0.3) is 11.8 Å². The number of methoxy groups -OCH3 is 2. The second-order valence-corrected chi connectivity index (χ2v) is 12.4. The molecule has 4 fully saturated rings. The number of hydrogen-bond acceptors (Lipinski definition) is 6. The third-order valence-electron chi connectivity index (χ3n) is 9.39. The van der Waals surface area contributed by atoms with Crippen LogP contribution in [0.15, 0.2) is 72.3 Å². The first-order chi connectivity index (χ1) is 21.4. The molecule has 4 aliphatic carbocycles. The monoisotopic (exact) mass is 591 g/mol. The van der Waals surface area contributed by atoms with Crippen LogP contribution in [0.4, 0.5) is 11.4 Å². The lowest BCUT2D eigenvalue weighted by Gasteiger charge is -2.57. The van der Waals surface area contributed by atoms with E-state index in [9.17, 15) is 14.9 Å². The molecule has 0 aliphatic heterocycles. The molecule has 44 heavy (non-hydrogen) atoms. The van der Waals surface area contributed by atoms with E-state index in [-0.39, 0.29) is 18.1 Å². The van der Waals surface area contributed by atoms with Gasteiger partial charge in [0.05, 0.1) is 14.2 Å². The largest absolute Gasteiger partial charge is 0.497 e. The van der Waals surface area contributed by atoms with Gasteiger partial charge >= 0.3 is 0 Å². The molecule has 0 atom stereocenters. The second kappa shape index (κ2) is 12.5. The number of anilines is 2. The third-order valence-corrected chi connectivity index (χ3v) is 9.39. The first kappa shape index (κ1) is 29.3. The van der Waals surface area contributed by atoms with Gasteiger partial charge in [-0.1, -0.05) is 18.2 Å². The average molecular weight is 592 g/mol. The molecule has 0 aromatic heterocycles. The Balaban J connectivity index is 1.05. The molecule has 4 bridgehead atoms. The molecule has 4 aliphatic rings. The van der Waals surface area contributed by atoms with Crippen molar-refractivity contribution in [2.75, 3.05) is 31.5 Å². The number of nitriles is 1. The van der Waals surface area contributed by atoms with Gasteiger partial charge < -0.3 is 24.8 Å². The van der Waals surface area contributed by atoms with Gasteiger partial charge in [-0.15, -0.1) is 0 Å². The number of carbonyl (C=O) groups excluding carboxylic acids is 2. The van der Waals surface area contributed by atoms with Crippen molar-refractivity contribution in [3.05, 3.63) is 83.4 Å². The fourth-order valence-corrected chi connectivity index (χ4v) is 7.79. The zero-order valence-corrected chi connectivity index (χ0v) is 25.1. The SMILES string of the molecule is COc1ccc(NC(=O)/C(C#N)=C\c2ccc(OCC(=O)Nc3ccc(C45CC6CC(CC(C6)C4)C5)cc3)c(OC)c2)cc1. The van der Waals surface area contributed by atoms with E-state index in [0.29, 0.717) is 33.9 Å². The highest BCUT2D eigenvalue weighted by Gasteiger charge is 2.51. The van der Waals surface area contributed by atoms with Gasteiger partial charge in [-0.2, -0.15) is 5.26 Å². The number of nitrogens with zero attached hydrogens (tertiary/aromatic N) is 1. The summed E-state index contributed by atoms with van der Waals surface area (Å²) in [5.41, 5.74) is 3.52. The molecule has 8 heteroatoms. The molecule has 7 rings (SSSR count). The topological polar surface area (TPSA) is 110 Å². The van der Waals surface area contributed by atoms with Crippen molar-refractivity contribution in [3.63, 3.8) is 0 Å². The zero-order valence-electron chi connectivity index (χ0n) is 25.1. The smallest absolute Gasteiger partial charge is 0.266 e. The normalized spacial score (nSPS) is 23.4. The minimum absolute atomic E-state index is 0.0786. The Kier molecular flexibility index (Phi) is 8.30. The Bertz CT molecular complexity index is 1570. The molecule has 8 nitrogen and oxygen atoms in total. The summed E-state index contributed by atoms with van der Waals surface area (Å²) in [5.74, 6) is 3.25. The number of rotatable bonds is 10. The van der Waals surface area contributed by atoms with Crippen LogP contribution < -0.4 is 24.8 Å². The molecule has 2 N–H and O–H groups in total. The summed E-state index contributed by atoms with van der Waals surface area (Å²) in [6.45, 7) is -0.198. The van der Waals surface area contributed by atoms with Crippen LogP contribution in [-0.4, -0.2) is 32.6 Å². The first-order valence-electron chi connectivity index (χ1n) is 15.1. The second-order valence-electron chi connectivity index (χ2n) is 12.4. The molecule has 0 spiro atoms. The lowest BCUT2D eigenvalue weighted by Crippen LogP contribution is -2.48. The number of hydrogen-bond donors (Lipinski definition) is 2. The number of benzene rings is 3. The molecular formula is C36H37N3O5. The van der Waals surface area contributed by atoms with E-state index in [1.807, 2.05) is 18.2 Å². The van der Waals surface area contributed by atoms with Crippen molar-refractivity contribution in [3.8, 4) is 23.3 Å². The number of ether oxygens (including phenoxy) is 3. The van der Waals surface area contributed by atoms with Gasteiger partial charge in [0, 0.05) is 11.4 Å². The molecule has 0 heterocycles. The predicted octanol–water partition coefficient (Wildman–Crippen LogP) is 6.73. The van der Waals surface area contributed by atoms with Crippen LogP contribution in [0.3, 0.4) is 0 Å². The van der Waals surface area contributed by atoms with Crippen molar-refractivity contribution in [2.24, 2.45) is 17.8 Å². The standard InChI is InChI=1S/C36H37N3O5/c1-42-31-10-8-30(9-11-31)39-35(41)27(21-37)16-23-3-12-32(33(17-23)43-2)44-22-34(40)38-29-6-4-28(5-7-29)36-18-24-13-25(19-36)15-26(14-24)20-36/h3-12,16-17,24-26H,13-15,18-20,22H2,1-2H3,(H,38,40)(H,39,41)/b27-16-.